The van der Waals surface area contributed by atoms with E-state index in [9.17, 15) is 5.11 Å². The Labute approximate surface area is 98.6 Å². The zero-order valence-corrected chi connectivity index (χ0v) is 10.2. The zero-order chi connectivity index (χ0) is 11.2. The van der Waals surface area contributed by atoms with Gasteiger partial charge in [-0.05, 0) is 32.1 Å². The Morgan fingerprint density at radius 3 is 2.50 bits per heavy atom. The summed E-state index contributed by atoms with van der Waals surface area (Å²) in [7, 11) is 0. The fourth-order valence-corrected chi connectivity index (χ4v) is 2.88. The second kappa shape index (κ2) is 6.58. The van der Waals surface area contributed by atoms with Crippen LogP contribution < -0.4 is 5.32 Å². The Morgan fingerprint density at radius 2 is 1.81 bits per heavy atom. The van der Waals surface area contributed by atoms with E-state index < -0.39 is 0 Å². The first-order valence-electron chi connectivity index (χ1n) is 6.89. The van der Waals surface area contributed by atoms with Gasteiger partial charge in [-0.2, -0.15) is 0 Å². The molecule has 0 heterocycles. The lowest BCUT2D eigenvalue weighted by atomic mass is 9.98. The molecule has 3 nitrogen and oxygen atoms in total. The van der Waals surface area contributed by atoms with Gasteiger partial charge in [0.2, 0.25) is 0 Å². The molecule has 2 unspecified atom stereocenters. The third kappa shape index (κ3) is 3.72. The molecule has 0 saturated heterocycles. The Morgan fingerprint density at radius 1 is 1.00 bits per heavy atom. The van der Waals surface area contributed by atoms with Gasteiger partial charge in [0.15, 0.2) is 0 Å². The van der Waals surface area contributed by atoms with E-state index >= 15 is 0 Å². The van der Waals surface area contributed by atoms with Crippen LogP contribution in [0.4, 0.5) is 0 Å². The smallest absolute Gasteiger partial charge is 0.0693 e. The molecule has 2 atom stereocenters. The van der Waals surface area contributed by atoms with Crippen molar-refractivity contribution in [1.82, 2.24) is 5.32 Å². The van der Waals surface area contributed by atoms with Crippen LogP contribution in [0.25, 0.3) is 0 Å². The summed E-state index contributed by atoms with van der Waals surface area (Å²) in [4.78, 5) is 0. The molecule has 2 rings (SSSR count). The van der Waals surface area contributed by atoms with Crippen LogP contribution in [0.15, 0.2) is 0 Å². The van der Waals surface area contributed by atoms with E-state index in [0.717, 1.165) is 32.4 Å². The van der Waals surface area contributed by atoms with Gasteiger partial charge in [-0.3, -0.25) is 0 Å². The molecule has 0 spiro atoms. The van der Waals surface area contributed by atoms with Crippen molar-refractivity contribution in [2.45, 2.75) is 69.6 Å². The number of hydrogen-bond donors (Lipinski definition) is 2. The summed E-state index contributed by atoms with van der Waals surface area (Å²) < 4.78 is 5.83. The van der Waals surface area contributed by atoms with Gasteiger partial charge in [-0.15, -0.1) is 0 Å². The quantitative estimate of drug-likeness (QED) is 0.704. The molecule has 2 aliphatic rings. The molecule has 0 amide bonds. The first kappa shape index (κ1) is 12.3. The minimum Gasteiger partial charge on any atom is -0.392 e. The lowest BCUT2D eigenvalue weighted by Gasteiger charge is -2.23. The summed E-state index contributed by atoms with van der Waals surface area (Å²) in [6.07, 6.45) is 10.1. The molecule has 0 aromatic heterocycles. The van der Waals surface area contributed by atoms with Gasteiger partial charge in [0.25, 0.3) is 0 Å². The van der Waals surface area contributed by atoms with Gasteiger partial charge in [0.1, 0.15) is 0 Å². The van der Waals surface area contributed by atoms with Crippen molar-refractivity contribution in [3.63, 3.8) is 0 Å². The highest BCUT2D eigenvalue weighted by Crippen LogP contribution is 2.20. The number of aliphatic hydroxyl groups is 1. The highest BCUT2D eigenvalue weighted by Gasteiger charge is 2.24. The van der Waals surface area contributed by atoms with E-state index in [1.54, 1.807) is 0 Å². The molecule has 2 N–H and O–H groups in total. The second-order valence-electron chi connectivity index (χ2n) is 5.19. The highest BCUT2D eigenvalue weighted by atomic mass is 16.5. The van der Waals surface area contributed by atoms with Crippen molar-refractivity contribution in [2.24, 2.45) is 0 Å². The average Bonchev–Trinajstić information content (AvgIpc) is 2.72. The second-order valence-corrected chi connectivity index (χ2v) is 5.19. The fraction of sp³-hybridized carbons (Fsp3) is 1.00. The molecule has 94 valence electrons. The summed E-state index contributed by atoms with van der Waals surface area (Å²) in [6, 6.07) is 0.315. The van der Waals surface area contributed by atoms with Crippen molar-refractivity contribution in [2.75, 3.05) is 13.2 Å². The third-order valence-corrected chi connectivity index (χ3v) is 3.89. The lowest BCUT2D eigenvalue weighted by molar-refractivity contribution is 0.0275. The predicted octanol–water partition coefficient (Wildman–Crippen LogP) is 1.84. The summed E-state index contributed by atoms with van der Waals surface area (Å²) in [5, 5.41) is 13.0. The molecule has 2 fully saturated rings. The summed E-state index contributed by atoms with van der Waals surface area (Å²) >= 11 is 0. The lowest BCUT2D eigenvalue weighted by Crippen LogP contribution is -2.38. The molecule has 0 radical (unpaired) electrons. The maximum atomic E-state index is 9.63. The summed E-state index contributed by atoms with van der Waals surface area (Å²) in [5.41, 5.74) is 0. The van der Waals surface area contributed by atoms with Gasteiger partial charge in [-0.25, -0.2) is 0 Å². The van der Waals surface area contributed by atoms with Crippen molar-refractivity contribution in [3.8, 4) is 0 Å². The van der Waals surface area contributed by atoms with Crippen LogP contribution in [-0.4, -0.2) is 36.5 Å². The molecule has 0 aromatic rings. The van der Waals surface area contributed by atoms with Gasteiger partial charge < -0.3 is 15.2 Å². The molecule has 2 aliphatic carbocycles. The number of rotatable bonds is 5. The van der Waals surface area contributed by atoms with Gasteiger partial charge in [0.05, 0.1) is 18.8 Å². The van der Waals surface area contributed by atoms with E-state index in [0.29, 0.717) is 12.1 Å². The minimum atomic E-state index is -0.130. The monoisotopic (exact) mass is 227 g/mol. The van der Waals surface area contributed by atoms with Crippen molar-refractivity contribution >= 4 is 0 Å². The van der Waals surface area contributed by atoms with E-state index in [4.69, 9.17) is 4.74 Å². The number of hydrogen-bond acceptors (Lipinski definition) is 3. The SMILES string of the molecule is OC1CCCC1NCCOC1CCCCC1. The van der Waals surface area contributed by atoms with E-state index in [2.05, 4.69) is 5.32 Å². The molecule has 0 aliphatic heterocycles. The number of ether oxygens (including phenoxy) is 1. The summed E-state index contributed by atoms with van der Waals surface area (Å²) in [6.45, 7) is 1.69. The Bertz CT molecular complexity index is 192. The first-order valence-corrected chi connectivity index (χ1v) is 6.89. The fourth-order valence-electron chi connectivity index (χ4n) is 2.88. The van der Waals surface area contributed by atoms with Crippen LogP contribution in [0.1, 0.15) is 51.4 Å². The van der Waals surface area contributed by atoms with E-state index in [-0.39, 0.29) is 6.10 Å². The first-order chi connectivity index (χ1) is 7.86. The van der Waals surface area contributed by atoms with E-state index in [1.165, 1.54) is 32.1 Å². The molecular weight excluding hydrogens is 202 g/mol. The molecule has 3 heteroatoms. The number of aliphatic hydroxyl groups excluding tert-OH is 1. The van der Waals surface area contributed by atoms with Crippen LogP contribution in [0.5, 0.6) is 0 Å². The van der Waals surface area contributed by atoms with Crippen LogP contribution in [0.2, 0.25) is 0 Å². The van der Waals surface area contributed by atoms with Crippen molar-refractivity contribution in [3.05, 3.63) is 0 Å². The van der Waals surface area contributed by atoms with Crippen LogP contribution in [0.3, 0.4) is 0 Å². The van der Waals surface area contributed by atoms with Crippen LogP contribution in [0, 0.1) is 0 Å². The third-order valence-electron chi connectivity index (χ3n) is 3.89. The predicted molar refractivity (Wildman–Crippen MR) is 64.5 cm³/mol. The van der Waals surface area contributed by atoms with Crippen molar-refractivity contribution < 1.29 is 9.84 Å². The maximum absolute atomic E-state index is 9.63. The normalized spacial score (nSPS) is 32.1. The van der Waals surface area contributed by atoms with Gasteiger partial charge >= 0.3 is 0 Å². The molecule has 16 heavy (non-hydrogen) atoms. The molecular formula is C13H25NO2. The van der Waals surface area contributed by atoms with Gasteiger partial charge in [0, 0.05) is 12.6 Å². The van der Waals surface area contributed by atoms with Gasteiger partial charge in [-0.1, -0.05) is 19.3 Å². The summed E-state index contributed by atoms with van der Waals surface area (Å²) in [5.74, 6) is 0. The molecule has 0 aromatic carbocycles. The Balaban J connectivity index is 1.51. The van der Waals surface area contributed by atoms with Crippen LogP contribution in [-0.2, 0) is 4.74 Å². The average molecular weight is 227 g/mol. The molecule has 2 saturated carbocycles. The maximum Gasteiger partial charge on any atom is 0.0693 e. The minimum absolute atomic E-state index is 0.130. The van der Waals surface area contributed by atoms with Crippen molar-refractivity contribution in [1.29, 1.82) is 0 Å². The highest BCUT2D eigenvalue weighted by molar-refractivity contribution is 4.82. The number of nitrogens with one attached hydrogen (secondary N) is 1. The Kier molecular flexibility index (Phi) is 5.07. The zero-order valence-electron chi connectivity index (χ0n) is 10.2. The Hall–Kier alpha value is -0.120. The largest absolute Gasteiger partial charge is 0.392 e. The topological polar surface area (TPSA) is 41.5 Å². The molecule has 0 bridgehead atoms. The standard InChI is InChI=1S/C13H25NO2/c15-13-8-4-7-12(13)14-9-10-16-11-5-2-1-3-6-11/h11-15H,1-10H2. The van der Waals surface area contributed by atoms with E-state index in [1.807, 2.05) is 0 Å². The van der Waals surface area contributed by atoms with Crippen LogP contribution >= 0.6 is 0 Å².